The van der Waals surface area contributed by atoms with Gasteiger partial charge in [0.25, 0.3) is 0 Å². The molecular formula is C6H14N2O2S. The quantitative estimate of drug-likeness (QED) is 0.564. The van der Waals surface area contributed by atoms with Gasteiger partial charge in [-0.3, -0.25) is 0 Å². The van der Waals surface area contributed by atoms with E-state index in [1.54, 1.807) is 0 Å². The first-order chi connectivity index (χ1) is 5.03. The smallest absolute Gasteiger partial charge is 0.153 e. The molecule has 3 N–H and O–H groups in total. The van der Waals surface area contributed by atoms with Crippen molar-refractivity contribution >= 4 is 9.84 Å². The minimum Gasteiger partial charge on any atom is -0.329 e. The second kappa shape index (κ2) is 3.08. The number of nitrogens with one attached hydrogen (secondary N) is 1. The first-order valence-corrected chi connectivity index (χ1v) is 5.52. The predicted octanol–water partition coefficient (Wildman–Crippen LogP) is -1.28. The van der Waals surface area contributed by atoms with E-state index < -0.39 is 9.84 Å². The lowest BCUT2D eigenvalue weighted by Gasteiger charge is -2.29. The van der Waals surface area contributed by atoms with Crippen LogP contribution < -0.4 is 11.1 Å². The summed E-state index contributed by atoms with van der Waals surface area (Å²) in [5.41, 5.74) is 5.35. The molecule has 66 valence electrons. The second-order valence-corrected chi connectivity index (χ2v) is 5.23. The Bertz CT molecular complexity index is 213. The van der Waals surface area contributed by atoms with E-state index in [1.807, 2.05) is 6.92 Å². The van der Waals surface area contributed by atoms with Crippen LogP contribution in [0.2, 0.25) is 0 Å². The highest BCUT2D eigenvalue weighted by Crippen LogP contribution is 2.10. The lowest BCUT2D eigenvalue weighted by molar-refractivity contribution is 0.462. The third-order valence-corrected chi connectivity index (χ3v) is 3.60. The average Bonchev–Trinajstić information content (AvgIpc) is 1.83. The Morgan fingerprint density at radius 2 is 2.18 bits per heavy atom. The fourth-order valence-corrected chi connectivity index (χ4v) is 2.45. The van der Waals surface area contributed by atoms with Gasteiger partial charge in [0, 0.05) is 18.6 Å². The maximum Gasteiger partial charge on any atom is 0.153 e. The molecule has 0 spiro atoms. The molecule has 5 heteroatoms. The largest absolute Gasteiger partial charge is 0.329 e. The standard InChI is InChI=1S/C6H14N2O2S/c1-5(2-7)8-6-3-11(9,10)4-6/h5-6,8H,2-4,7H2,1H3. The highest BCUT2D eigenvalue weighted by atomic mass is 32.2. The summed E-state index contributed by atoms with van der Waals surface area (Å²) in [5, 5.41) is 3.12. The minimum absolute atomic E-state index is 0.138. The van der Waals surface area contributed by atoms with Crippen molar-refractivity contribution in [3.05, 3.63) is 0 Å². The molecule has 0 aromatic carbocycles. The molecule has 0 radical (unpaired) electrons. The Morgan fingerprint density at radius 1 is 1.64 bits per heavy atom. The highest BCUT2D eigenvalue weighted by Gasteiger charge is 2.33. The van der Waals surface area contributed by atoms with Crippen LogP contribution in [-0.2, 0) is 9.84 Å². The van der Waals surface area contributed by atoms with Crippen molar-refractivity contribution in [2.75, 3.05) is 18.1 Å². The summed E-state index contributed by atoms with van der Waals surface area (Å²) in [6, 6.07) is 0.356. The number of nitrogens with two attached hydrogens (primary N) is 1. The maximum atomic E-state index is 10.7. The molecule has 1 fully saturated rings. The average molecular weight is 178 g/mol. The fourth-order valence-electron chi connectivity index (χ4n) is 1.13. The number of hydrogen-bond acceptors (Lipinski definition) is 4. The van der Waals surface area contributed by atoms with Gasteiger partial charge in [0.05, 0.1) is 11.5 Å². The van der Waals surface area contributed by atoms with Crippen molar-refractivity contribution in [2.24, 2.45) is 5.73 Å². The van der Waals surface area contributed by atoms with Gasteiger partial charge in [-0.15, -0.1) is 0 Å². The summed E-state index contributed by atoms with van der Waals surface area (Å²) in [4.78, 5) is 0. The normalized spacial score (nSPS) is 26.0. The Labute approximate surface area is 67.1 Å². The lowest BCUT2D eigenvalue weighted by Crippen LogP contribution is -2.55. The van der Waals surface area contributed by atoms with Crippen molar-refractivity contribution < 1.29 is 8.42 Å². The van der Waals surface area contributed by atoms with Crippen LogP contribution in [0.4, 0.5) is 0 Å². The topological polar surface area (TPSA) is 72.2 Å². The number of hydrogen-bond donors (Lipinski definition) is 2. The van der Waals surface area contributed by atoms with Gasteiger partial charge < -0.3 is 11.1 Å². The maximum absolute atomic E-state index is 10.7. The Morgan fingerprint density at radius 3 is 2.55 bits per heavy atom. The Hall–Kier alpha value is -0.130. The molecule has 11 heavy (non-hydrogen) atoms. The lowest BCUT2D eigenvalue weighted by atomic mass is 10.3. The zero-order chi connectivity index (χ0) is 8.48. The molecule has 1 atom stereocenters. The fraction of sp³-hybridized carbons (Fsp3) is 1.00. The van der Waals surface area contributed by atoms with Gasteiger partial charge in [-0.1, -0.05) is 0 Å². The number of rotatable bonds is 3. The van der Waals surface area contributed by atoms with Crippen LogP contribution in [0.5, 0.6) is 0 Å². The van der Waals surface area contributed by atoms with Crippen molar-refractivity contribution in [1.82, 2.24) is 5.32 Å². The van der Waals surface area contributed by atoms with Crippen molar-refractivity contribution in [3.8, 4) is 0 Å². The molecule has 1 unspecified atom stereocenters. The first-order valence-electron chi connectivity index (χ1n) is 3.70. The zero-order valence-electron chi connectivity index (χ0n) is 6.58. The molecule has 0 saturated carbocycles. The van der Waals surface area contributed by atoms with Crippen molar-refractivity contribution in [2.45, 2.75) is 19.0 Å². The van der Waals surface area contributed by atoms with Gasteiger partial charge in [-0.2, -0.15) is 0 Å². The van der Waals surface area contributed by atoms with E-state index >= 15 is 0 Å². The van der Waals surface area contributed by atoms with Crippen LogP contribution in [0.1, 0.15) is 6.92 Å². The van der Waals surface area contributed by atoms with Crippen LogP contribution in [-0.4, -0.2) is 38.6 Å². The van der Waals surface area contributed by atoms with Gasteiger partial charge >= 0.3 is 0 Å². The van der Waals surface area contributed by atoms with E-state index in [0.717, 1.165) is 0 Å². The summed E-state index contributed by atoms with van der Waals surface area (Å²) >= 11 is 0. The molecule has 0 aromatic heterocycles. The van der Waals surface area contributed by atoms with Crippen molar-refractivity contribution in [1.29, 1.82) is 0 Å². The summed E-state index contributed by atoms with van der Waals surface area (Å²) in [6.45, 7) is 2.50. The molecule has 0 amide bonds. The Kier molecular flexibility index (Phi) is 2.51. The third kappa shape index (κ3) is 2.43. The zero-order valence-corrected chi connectivity index (χ0v) is 7.39. The molecule has 1 aliphatic heterocycles. The predicted molar refractivity (Wildman–Crippen MR) is 44.1 cm³/mol. The van der Waals surface area contributed by atoms with Crippen LogP contribution >= 0.6 is 0 Å². The van der Waals surface area contributed by atoms with Gasteiger partial charge in [0.1, 0.15) is 0 Å². The van der Waals surface area contributed by atoms with E-state index in [-0.39, 0.29) is 23.6 Å². The summed E-state index contributed by atoms with van der Waals surface area (Å²) < 4.78 is 21.4. The number of sulfone groups is 1. The molecule has 0 aromatic rings. The molecular weight excluding hydrogens is 164 g/mol. The van der Waals surface area contributed by atoms with E-state index in [1.165, 1.54) is 0 Å². The molecule has 4 nitrogen and oxygen atoms in total. The van der Waals surface area contributed by atoms with Crippen LogP contribution in [0.3, 0.4) is 0 Å². The van der Waals surface area contributed by atoms with E-state index in [4.69, 9.17) is 5.73 Å². The van der Waals surface area contributed by atoms with E-state index in [9.17, 15) is 8.42 Å². The summed E-state index contributed by atoms with van der Waals surface area (Å²) in [5.74, 6) is 0.550. The van der Waals surface area contributed by atoms with Gasteiger partial charge in [-0.05, 0) is 6.92 Å². The Balaban J connectivity index is 2.24. The van der Waals surface area contributed by atoms with Crippen LogP contribution in [0.25, 0.3) is 0 Å². The summed E-state index contributed by atoms with van der Waals surface area (Å²) in [6.07, 6.45) is 0. The summed E-state index contributed by atoms with van der Waals surface area (Å²) in [7, 11) is -2.69. The van der Waals surface area contributed by atoms with Gasteiger partial charge in [-0.25, -0.2) is 8.42 Å². The SMILES string of the molecule is CC(CN)NC1CS(=O)(=O)C1. The molecule has 1 aliphatic rings. The van der Waals surface area contributed by atoms with E-state index in [2.05, 4.69) is 5.32 Å². The molecule has 0 bridgehead atoms. The molecule has 1 saturated heterocycles. The first kappa shape index (κ1) is 8.96. The van der Waals surface area contributed by atoms with Gasteiger partial charge in [0.15, 0.2) is 9.84 Å². The van der Waals surface area contributed by atoms with Crippen molar-refractivity contribution in [3.63, 3.8) is 0 Å². The van der Waals surface area contributed by atoms with Gasteiger partial charge in [0.2, 0.25) is 0 Å². The molecule has 1 heterocycles. The molecule has 1 rings (SSSR count). The van der Waals surface area contributed by atoms with E-state index in [0.29, 0.717) is 6.54 Å². The highest BCUT2D eigenvalue weighted by molar-refractivity contribution is 7.92. The van der Waals surface area contributed by atoms with Crippen LogP contribution in [0, 0.1) is 0 Å². The van der Waals surface area contributed by atoms with Crippen LogP contribution in [0.15, 0.2) is 0 Å². The second-order valence-electron chi connectivity index (χ2n) is 3.08. The molecule has 0 aliphatic carbocycles. The minimum atomic E-state index is -2.69. The third-order valence-electron chi connectivity index (χ3n) is 1.78. The monoisotopic (exact) mass is 178 g/mol.